The standard InChI is InChI=1S/C23H23N5O2/c1-15-10-16(2)12-18(11-15)28-21(13-17(3)26-28)25-22(29)8-9-27-14-24-20-7-5-4-6-19(20)23(27)30/h4-7,10-14H,8-9H2,1-3H3,(H,25,29). The lowest BCUT2D eigenvalue weighted by Crippen LogP contribution is -2.24. The Balaban J connectivity index is 1.51. The minimum atomic E-state index is -0.194. The van der Waals surface area contributed by atoms with Crippen molar-refractivity contribution in [3.05, 3.63) is 82.0 Å². The number of anilines is 1. The van der Waals surface area contributed by atoms with E-state index in [1.54, 1.807) is 22.9 Å². The molecule has 2 heterocycles. The Morgan fingerprint density at radius 2 is 1.77 bits per heavy atom. The van der Waals surface area contributed by atoms with Gasteiger partial charge in [0.2, 0.25) is 5.91 Å². The molecule has 7 nitrogen and oxygen atoms in total. The number of hydrogen-bond donors (Lipinski definition) is 1. The van der Waals surface area contributed by atoms with Crippen LogP contribution in [0, 0.1) is 20.8 Å². The number of aromatic nitrogens is 4. The quantitative estimate of drug-likeness (QED) is 0.555. The van der Waals surface area contributed by atoms with Crippen molar-refractivity contribution in [1.29, 1.82) is 0 Å². The molecule has 4 aromatic rings. The van der Waals surface area contributed by atoms with Crippen LogP contribution in [0.4, 0.5) is 5.82 Å². The highest BCUT2D eigenvalue weighted by molar-refractivity contribution is 5.90. The number of carbonyl (C=O) groups excluding carboxylic acids is 1. The fourth-order valence-corrected chi connectivity index (χ4v) is 3.55. The van der Waals surface area contributed by atoms with Crippen LogP contribution in [0.1, 0.15) is 23.2 Å². The van der Waals surface area contributed by atoms with Gasteiger partial charge in [-0.3, -0.25) is 14.2 Å². The zero-order valence-corrected chi connectivity index (χ0v) is 17.2. The highest BCUT2D eigenvalue weighted by Crippen LogP contribution is 2.20. The number of benzene rings is 2. The van der Waals surface area contributed by atoms with E-state index in [4.69, 9.17) is 0 Å². The number of hydrogen-bond acceptors (Lipinski definition) is 4. The molecule has 1 N–H and O–H groups in total. The summed E-state index contributed by atoms with van der Waals surface area (Å²) in [7, 11) is 0. The molecule has 0 atom stereocenters. The van der Waals surface area contributed by atoms with Crippen LogP contribution >= 0.6 is 0 Å². The monoisotopic (exact) mass is 401 g/mol. The van der Waals surface area contributed by atoms with E-state index in [1.165, 1.54) is 10.9 Å². The molecule has 0 radical (unpaired) electrons. The molecule has 2 aromatic carbocycles. The van der Waals surface area contributed by atoms with Gasteiger partial charge in [-0.1, -0.05) is 18.2 Å². The molecule has 0 spiro atoms. The Kier molecular flexibility index (Phi) is 5.18. The summed E-state index contributed by atoms with van der Waals surface area (Å²) in [5, 5.41) is 7.99. The third-order valence-corrected chi connectivity index (χ3v) is 4.86. The average molecular weight is 401 g/mol. The molecule has 0 aliphatic heterocycles. The molecule has 7 heteroatoms. The topological polar surface area (TPSA) is 81.8 Å². The van der Waals surface area contributed by atoms with Crippen molar-refractivity contribution >= 4 is 22.6 Å². The average Bonchev–Trinajstić information content (AvgIpc) is 3.07. The van der Waals surface area contributed by atoms with E-state index in [1.807, 2.05) is 45.0 Å². The van der Waals surface area contributed by atoms with E-state index < -0.39 is 0 Å². The van der Waals surface area contributed by atoms with Crippen molar-refractivity contribution in [3.8, 4) is 5.69 Å². The summed E-state index contributed by atoms with van der Waals surface area (Å²) in [6.45, 7) is 6.19. The van der Waals surface area contributed by atoms with Crippen LogP contribution in [0.15, 0.2) is 59.7 Å². The lowest BCUT2D eigenvalue weighted by atomic mass is 10.1. The molecular weight excluding hydrogens is 378 g/mol. The van der Waals surface area contributed by atoms with Crippen LogP contribution in [0.25, 0.3) is 16.6 Å². The predicted octanol–water partition coefficient (Wildman–Crippen LogP) is 3.54. The molecule has 0 fully saturated rings. The summed E-state index contributed by atoms with van der Waals surface area (Å²) in [6.07, 6.45) is 1.64. The van der Waals surface area contributed by atoms with Gasteiger partial charge in [-0.2, -0.15) is 5.10 Å². The summed E-state index contributed by atoms with van der Waals surface area (Å²) in [5.74, 6) is 0.409. The van der Waals surface area contributed by atoms with Crippen molar-refractivity contribution in [2.45, 2.75) is 33.7 Å². The van der Waals surface area contributed by atoms with E-state index in [9.17, 15) is 9.59 Å². The van der Waals surface area contributed by atoms with Gasteiger partial charge in [-0.25, -0.2) is 9.67 Å². The first-order valence-corrected chi connectivity index (χ1v) is 9.80. The SMILES string of the molecule is Cc1cc(C)cc(-n2nc(C)cc2NC(=O)CCn2cnc3ccccc3c2=O)c1. The van der Waals surface area contributed by atoms with E-state index in [2.05, 4.69) is 21.5 Å². The molecule has 2 aromatic heterocycles. The van der Waals surface area contributed by atoms with Gasteiger partial charge >= 0.3 is 0 Å². The zero-order valence-electron chi connectivity index (χ0n) is 17.2. The molecule has 152 valence electrons. The second kappa shape index (κ2) is 7.94. The number of fused-ring (bicyclic) bond motifs is 1. The fourth-order valence-electron chi connectivity index (χ4n) is 3.55. The Hall–Kier alpha value is -3.74. The second-order valence-corrected chi connectivity index (χ2v) is 7.49. The highest BCUT2D eigenvalue weighted by Gasteiger charge is 2.12. The summed E-state index contributed by atoms with van der Waals surface area (Å²) in [4.78, 5) is 29.5. The van der Waals surface area contributed by atoms with Crippen LogP contribution in [0.3, 0.4) is 0 Å². The van der Waals surface area contributed by atoms with Gasteiger partial charge in [-0.15, -0.1) is 0 Å². The normalized spacial score (nSPS) is 11.0. The first-order valence-electron chi connectivity index (χ1n) is 9.80. The maximum absolute atomic E-state index is 12.6. The van der Waals surface area contributed by atoms with Crippen LogP contribution in [-0.4, -0.2) is 25.2 Å². The zero-order chi connectivity index (χ0) is 21.3. The first-order chi connectivity index (χ1) is 14.4. The lowest BCUT2D eigenvalue weighted by Gasteiger charge is -2.11. The predicted molar refractivity (Wildman–Crippen MR) is 117 cm³/mol. The van der Waals surface area contributed by atoms with Gasteiger partial charge in [0.05, 0.1) is 28.6 Å². The van der Waals surface area contributed by atoms with E-state index >= 15 is 0 Å². The van der Waals surface area contributed by atoms with Gasteiger partial charge in [0, 0.05) is 19.0 Å². The summed E-state index contributed by atoms with van der Waals surface area (Å²) >= 11 is 0. The number of amides is 1. The third kappa shape index (κ3) is 4.00. The summed E-state index contributed by atoms with van der Waals surface area (Å²) in [5.41, 5.74) is 4.45. The molecule has 0 saturated carbocycles. The number of nitrogens with one attached hydrogen (secondary N) is 1. The largest absolute Gasteiger partial charge is 0.311 e. The number of nitrogens with zero attached hydrogens (tertiary/aromatic N) is 4. The summed E-state index contributed by atoms with van der Waals surface area (Å²) < 4.78 is 3.20. The van der Waals surface area contributed by atoms with Gasteiger partial charge in [0.1, 0.15) is 5.82 Å². The Bertz CT molecular complexity index is 1280. The molecule has 0 aliphatic rings. The Labute approximate surface area is 174 Å². The van der Waals surface area contributed by atoms with Crippen molar-refractivity contribution in [2.24, 2.45) is 0 Å². The lowest BCUT2D eigenvalue weighted by molar-refractivity contribution is -0.116. The van der Waals surface area contributed by atoms with Crippen molar-refractivity contribution in [3.63, 3.8) is 0 Å². The Morgan fingerprint density at radius 1 is 1.03 bits per heavy atom. The maximum atomic E-state index is 12.6. The molecule has 0 unspecified atom stereocenters. The minimum Gasteiger partial charge on any atom is -0.311 e. The maximum Gasteiger partial charge on any atom is 0.261 e. The molecule has 30 heavy (non-hydrogen) atoms. The number of para-hydroxylation sites is 1. The van der Waals surface area contributed by atoms with Crippen LogP contribution in [0.5, 0.6) is 0 Å². The van der Waals surface area contributed by atoms with Gasteiger partial charge in [-0.05, 0) is 56.2 Å². The Morgan fingerprint density at radius 3 is 2.53 bits per heavy atom. The molecule has 4 rings (SSSR count). The van der Waals surface area contributed by atoms with Crippen molar-refractivity contribution < 1.29 is 4.79 Å². The smallest absolute Gasteiger partial charge is 0.261 e. The fraction of sp³-hybridized carbons (Fsp3) is 0.217. The summed E-state index contributed by atoms with van der Waals surface area (Å²) in [6, 6.07) is 15.2. The third-order valence-electron chi connectivity index (χ3n) is 4.86. The molecule has 1 amide bonds. The number of aryl methyl sites for hydroxylation is 4. The highest BCUT2D eigenvalue weighted by atomic mass is 16.2. The van der Waals surface area contributed by atoms with Crippen LogP contribution in [0.2, 0.25) is 0 Å². The first kappa shape index (κ1) is 19.6. The second-order valence-electron chi connectivity index (χ2n) is 7.49. The van der Waals surface area contributed by atoms with Crippen molar-refractivity contribution in [2.75, 3.05) is 5.32 Å². The van der Waals surface area contributed by atoms with E-state index in [0.717, 1.165) is 22.5 Å². The van der Waals surface area contributed by atoms with Gasteiger partial charge in [0.25, 0.3) is 5.56 Å². The van der Waals surface area contributed by atoms with Crippen LogP contribution in [-0.2, 0) is 11.3 Å². The molecule has 0 bridgehead atoms. The van der Waals surface area contributed by atoms with Gasteiger partial charge in [0.15, 0.2) is 0 Å². The van der Waals surface area contributed by atoms with Gasteiger partial charge < -0.3 is 5.32 Å². The number of carbonyl (C=O) groups is 1. The number of rotatable bonds is 5. The van der Waals surface area contributed by atoms with Crippen LogP contribution < -0.4 is 10.9 Å². The van der Waals surface area contributed by atoms with Crippen molar-refractivity contribution in [1.82, 2.24) is 19.3 Å². The van der Waals surface area contributed by atoms with E-state index in [0.29, 0.717) is 16.7 Å². The van der Waals surface area contributed by atoms with E-state index in [-0.39, 0.29) is 24.4 Å². The molecule has 0 saturated heterocycles. The minimum absolute atomic E-state index is 0.149. The molecular formula is C23H23N5O2. The molecule has 0 aliphatic carbocycles.